The van der Waals surface area contributed by atoms with Crippen LogP contribution in [-0.4, -0.2) is 25.8 Å². The Hall–Kier alpha value is -5.70. The molecule has 0 saturated carbocycles. The van der Waals surface area contributed by atoms with Crippen molar-refractivity contribution < 1.29 is 9.53 Å². The van der Waals surface area contributed by atoms with E-state index in [1.807, 2.05) is 97.9 Å². The number of nitrogens with zero attached hydrogens (tertiary/aromatic N) is 4. The summed E-state index contributed by atoms with van der Waals surface area (Å²) in [5.41, 5.74) is 4.35. The Morgan fingerprint density at radius 2 is 1.74 bits per heavy atom. The normalized spacial score (nSPS) is 11.0. The number of anilines is 4. The van der Waals surface area contributed by atoms with Gasteiger partial charge in [-0.25, -0.2) is 14.5 Å². The van der Waals surface area contributed by atoms with E-state index >= 15 is 0 Å². The van der Waals surface area contributed by atoms with E-state index in [1.54, 1.807) is 16.9 Å². The first-order chi connectivity index (χ1) is 20.9. The van der Waals surface area contributed by atoms with Crippen LogP contribution in [0.2, 0.25) is 0 Å². The molecule has 9 heteroatoms. The molecule has 0 saturated heterocycles. The molecule has 0 unspecified atom stereocenters. The van der Waals surface area contributed by atoms with Crippen molar-refractivity contribution in [3.63, 3.8) is 0 Å². The fraction of sp³-hybridized carbons (Fsp3) is 0.118. The molecule has 2 amide bonds. The molecule has 0 bridgehead atoms. The van der Waals surface area contributed by atoms with Crippen molar-refractivity contribution in [1.29, 1.82) is 0 Å². The van der Waals surface area contributed by atoms with Gasteiger partial charge in [-0.15, -0.1) is 0 Å². The third kappa shape index (κ3) is 6.31. The number of nitrogens with one attached hydrogen (secondary N) is 3. The highest BCUT2D eigenvalue weighted by atomic mass is 16.5. The smallest absolute Gasteiger partial charge is 0.324 e. The molecule has 4 aromatic carbocycles. The lowest BCUT2D eigenvalue weighted by molar-refractivity contribution is 0.262. The van der Waals surface area contributed by atoms with Crippen LogP contribution in [0.15, 0.2) is 103 Å². The molecule has 2 heterocycles. The van der Waals surface area contributed by atoms with Gasteiger partial charge in [0.2, 0.25) is 11.8 Å². The second kappa shape index (κ2) is 12.0. The number of hydrogen-bond acceptors (Lipinski definition) is 6. The maximum absolute atomic E-state index is 13.3. The first-order valence-corrected chi connectivity index (χ1v) is 13.9. The highest BCUT2D eigenvalue weighted by Crippen LogP contribution is 2.34. The number of benzene rings is 4. The van der Waals surface area contributed by atoms with Crippen molar-refractivity contribution in [1.82, 2.24) is 19.7 Å². The van der Waals surface area contributed by atoms with Crippen molar-refractivity contribution >= 4 is 39.9 Å². The number of aryl methyl sites for hydroxylation is 1. The monoisotopic (exact) mass is 568 g/mol. The molecule has 6 rings (SSSR count). The first-order valence-electron chi connectivity index (χ1n) is 13.9. The van der Waals surface area contributed by atoms with E-state index in [0.29, 0.717) is 29.1 Å². The molecule has 0 aliphatic heterocycles. The molecule has 1 radical (unpaired) electrons. The number of rotatable bonds is 8. The Morgan fingerprint density at radius 3 is 2.51 bits per heavy atom. The average molecular weight is 569 g/mol. The van der Waals surface area contributed by atoms with Crippen LogP contribution in [-0.2, 0) is 0 Å². The molecule has 0 aliphatic carbocycles. The van der Waals surface area contributed by atoms with Crippen molar-refractivity contribution in [3.05, 3.63) is 121 Å². The predicted molar refractivity (Wildman–Crippen MR) is 170 cm³/mol. The van der Waals surface area contributed by atoms with Crippen LogP contribution in [0.1, 0.15) is 31.0 Å². The summed E-state index contributed by atoms with van der Waals surface area (Å²) in [4.78, 5) is 22.1. The Labute approximate surface area is 249 Å². The molecule has 9 nitrogen and oxygen atoms in total. The molecule has 43 heavy (non-hydrogen) atoms. The second-order valence-electron chi connectivity index (χ2n) is 10.3. The molecule has 3 N–H and O–H groups in total. The molecule has 2 aromatic heterocycles. The zero-order chi connectivity index (χ0) is 29.8. The number of fused-ring (bicyclic) bond motifs is 1. The topological polar surface area (TPSA) is 106 Å². The van der Waals surface area contributed by atoms with Gasteiger partial charge in [-0.2, -0.15) is 10.1 Å². The average Bonchev–Trinajstić information content (AvgIpc) is 3.43. The first kappa shape index (κ1) is 27.5. The van der Waals surface area contributed by atoms with Crippen LogP contribution in [0.4, 0.5) is 27.9 Å². The number of urea groups is 1. The summed E-state index contributed by atoms with van der Waals surface area (Å²) in [6.45, 7) is 6.18. The molecule has 0 fully saturated rings. The molecular weight excluding hydrogens is 538 g/mol. The zero-order valence-corrected chi connectivity index (χ0v) is 24.0. The van der Waals surface area contributed by atoms with Gasteiger partial charge in [-0.05, 0) is 55.3 Å². The molecule has 0 aliphatic rings. The summed E-state index contributed by atoms with van der Waals surface area (Å²) >= 11 is 0. The van der Waals surface area contributed by atoms with Crippen LogP contribution >= 0.6 is 0 Å². The van der Waals surface area contributed by atoms with Crippen LogP contribution in [0, 0.1) is 13.0 Å². The lowest BCUT2D eigenvalue weighted by atomic mass is 10.1. The summed E-state index contributed by atoms with van der Waals surface area (Å²) in [7, 11) is 0. The summed E-state index contributed by atoms with van der Waals surface area (Å²) in [5, 5.41) is 15.5. The number of aromatic nitrogens is 4. The van der Waals surface area contributed by atoms with Crippen molar-refractivity contribution in [2.24, 2.45) is 0 Å². The van der Waals surface area contributed by atoms with E-state index in [1.165, 1.54) is 0 Å². The largest absolute Gasteiger partial charge is 0.438 e. The van der Waals surface area contributed by atoms with Gasteiger partial charge in [0.05, 0.1) is 17.1 Å². The maximum atomic E-state index is 13.3. The third-order valence-electron chi connectivity index (χ3n) is 6.78. The maximum Gasteiger partial charge on any atom is 0.324 e. The second-order valence-corrected chi connectivity index (χ2v) is 10.3. The quantitative estimate of drug-likeness (QED) is 0.171. The van der Waals surface area contributed by atoms with Gasteiger partial charge in [-0.1, -0.05) is 67.9 Å². The molecule has 6 aromatic rings. The van der Waals surface area contributed by atoms with Gasteiger partial charge < -0.3 is 15.4 Å². The van der Waals surface area contributed by atoms with Crippen LogP contribution in [0.5, 0.6) is 11.6 Å². The number of hydrogen-bond donors (Lipinski definition) is 3. The van der Waals surface area contributed by atoms with Gasteiger partial charge in [0, 0.05) is 34.8 Å². The van der Waals surface area contributed by atoms with Gasteiger partial charge in [0.15, 0.2) is 0 Å². The zero-order valence-electron chi connectivity index (χ0n) is 24.0. The fourth-order valence-electron chi connectivity index (χ4n) is 4.56. The van der Waals surface area contributed by atoms with E-state index in [-0.39, 0.29) is 11.9 Å². The van der Waals surface area contributed by atoms with Crippen molar-refractivity contribution in [3.8, 4) is 17.3 Å². The standard InChI is InChI=1S/C34H30N7O2/c1-22(2)29-21-31(41(40-29)25-15-13-23(3)14-16-25)38-34(42)37-28-17-18-30(27-12-8-7-11-26(27)28)43-32-19-20-35-33(39-32)36-24-9-5-4-6-10-24/h4-5,7-22H,1-3H3,(H,35,36,39)(H2,37,38,42). The Balaban J connectivity index is 1.23. The molecule has 0 spiro atoms. The van der Waals surface area contributed by atoms with Crippen LogP contribution < -0.4 is 20.7 Å². The summed E-state index contributed by atoms with van der Waals surface area (Å²) in [6.07, 6.45) is 1.63. The van der Waals surface area contributed by atoms with E-state index < -0.39 is 0 Å². The highest BCUT2D eigenvalue weighted by Gasteiger charge is 2.16. The van der Waals surface area contributed by atoms with Gasteiger partial charge in [0.25, 0.3) is 0 Å². The van der Waals surface area contributed by atoms with E-state index in [9.17, 15) is 4.79 Å². The van der Waals surface area contributed by atoms with Crippen LogP contribution in [0.25, 0.3) is 16.5 Å². The SMILES string of the molecule is Cc1ccc(-n2nc(C(C)C)cc2NC(=O)Nc2ccc(Oc3ccnc(Nc4c[c]ccc4)n3)c3ccccc23)cc1. The lowest BCUT2D eigenvalue weighted by Crippen LogP contribution is -2.21. The predicted octanol–water partition coefficient (Wildman–Crippen LogP) is 8.23. The van der Waals surface area contributed by atoms with Crippen LogP contribution in [0.3, 0.4) is 0 Å². The van der Waals surface area contributed by atoms with Gasteiger partial charge in [0.1, 0.15) is 11.6 Å². The fourth-order valence-corrected chi connectivity index (χ4v) is 4.56. The van der Waals surface area contributed by atoms with E-state index in [4.69, 9.17) is 9.84 Å². The summed E-state index contributed by atoms with van der Waals surface area (Å²) in [6, 6.07) is 33.0. The minimum atomic E-state index is -0.382. The minimum absolute atomic E-state index is 0.199. The van der Waals surface area contributed by atoms with Gasteiger partial charge in [-0.3, -0.25) is 5.32 Å². The number of carbonyl (C=O) groups excluding carboxylic acids is 1. The lowest BCUT2D eigenvalue weighted by Gasteiger charge is -2.14. The highest BCUT2D eigenvalue weighted by molar-refractivity contribution is 6.07. The molecule has 213 valence electrons. The number of ether oxygens (including phenoxy) is 1. The Bertz CT molecular complexity index is 1880. The number of carbonyl (C=O) groups is 1. The third-order valence-corrected chi connectivity index (χ3v) is 6.78. The molecule has 0 atom stereocenters. The Kier molecular flexibility index (Phi) is 7.69. The van der Waals surface area contributed by atoms with Crippen molar-refractivity contribution in [2.75, 3.05) is 16.0 Å². The summed E-state index contributed by atoms with van der Waals surface area (Å²) in [5.74, 6) is 2.16. The summed E-state index contributed by atoms with van der Waals surface area (Å²) < 4.78 is 7.94. The Morgan fingerprint density at radius 1 is 0.930 bits per heavy atom. The molecular formula is C34H30N7O2. The minimum Gasteiger partial charge on any atom is -0.438 e. The van der Waals surface area contributed by atoms with E-state index in [0.717, 1.165) is 33.4 Å². The van der Waals surface area contributed by atoms with E-state index in [2.05, 4.69) is 45.8 Å². The van der Waals surface area contributed by atoms with Gasteiger partial charge >= 0.3 is 6.03 Å². The van der Waals surface area contributed by atoms with Crippen molar-refractivity contribution in [2.45, 2.75) is 26.7 Å². The number of amides is 2.